The zero-order chi connectivity index (χ0) is 18.9. The van der Waals surface area contributed by atoms with E-state index in [1.54, 1.807) is 19.2 Å². The minimum absolute atomic E-state index is 0.0775. The van der Waals surface area contributed by atoms with Gasteiger partial charge >= 0.3 is 0 Å². The molecule has 0 amide bonds. The highest BCUT2D eigenvalue weighted by atomic mass is 35.5. The van der Waals surface area contributed by atoms with Crippen LogP contribution >= 0.6 is 11.6 Å². The van der Waals surface area contributed by atoms with Crippen LogP contribution in [0.15, 0.2) is 48.5 Å². The van der Waals surface area contributed by atoms with E-state index in [1.165, 1.54) is 6.07 Å². The minimum Gasteiger partial charge on any atom is -0.493 e. The molecular formula is C21H21ClFNO2. The lowest BCUT2D eigenvalue weighted by Gasteiger charge is -2.23. The van der Waals surface area contributed by atoms with Crippen LogP contribution in [-0.4, -0.2) is 12.7 Å². The Kier molecular flexibility index (Phi) is 4.97. The van der Waals surface area contributed by atoms with E-state index in [1.807, 2.05) is 51.1 Å². The summed E-state index contributed by atoms with van der Waals surface area (Å²) in [7, 11) is 1.61. The predicted octanol–water partition coefficient (Wildman–Crippen LogP) is 6.56. The Labute approximate surface area is 157 Å². The first kappa shape index (κ1) is 18.3. The molecule has 0 fully saturated rings. The van der Waals surface area contributed by atoms with Crippen molar-refractivity contribution in [2.24, 2.45) is 0 Å². The number of ether oxygens (including phenoxy) is 2. The summed E-state index contributed by atoms with van der Waals surface area (Å²) in [5.41, 5.74) is 0.701. The zero-order valence-electron chi connectivity index (χ0n) is 15.2. The van der Waals surface area contributed by atoms with Crippen molar-refractivity contribution in [3.05, 3.63) is 59.4 Å². The first-order valence-corrected chi connectivity index (χ1v) is 8.67. The van der Waals surface area contributed by atoms with Crippen LogP contribution in [0.3, 0.4) is 0 Å². The average molecular weight is 374 g/mol. The lowest BCUT2D eigenvalue weighted by atomic mass is 10.1. The molecule has 3 rings (SSSR count). The van der Waals surface area contributed by atoms with E-state index in [0.717, 1.165) is 16.5 Å². The minimum atomic E-state index is -0.481. The molecule has 0 unspecified atom stereocenters. The number of fused-ring (bicyclic) bond motifs is 1. The topological polar surface area (TPSA) is 30.5 Å². The van der Waals surface area contributed by atoms with Crippen molar-refractivity contribution in [2.75, 3.05) is 12.4 Å². The van der Waals surface area contributed by atoms with Gasteiger partial charge in [0.1, 0.15) is 5.60 Å². The van der Waals surface area contributed by atoms with Crippen LogP contribution in [0.2, 0.25) is 5.02 Å². The van der Waals surface area contributed by atoms with Crippen LogP contribution in [0, 0.1) is 5.82 Å². The molecule has 0 aliphatic heterocycles. The van der Waals surface area contributed by atoms with Gasteiger partial charge in [-0.25, -0.2) is 4.39 Å². The van der Waals surface area contributed by atoms with Gasteiger partial charge in [-0.15, -0.1) is 0 Å². The van der Waals surface area contributed by atoms with Crippen LogP contribution in [0.5, 0.6) is 11.5 Å². The first-order chi connectivity index (χ1) is 12.3. The van der Waals surface area contributed by atoms with Gasteiger partial charge in [-0.3, -0.25) is 0 Å². The Bertz CT molecular complexity index is 951. The van der Waals surface area contributed by atoms with Gasteiger partial charge in [0.2, 0.25) is 0 Å². The van der Waals surface area contributed by atoms with Gasteiger partial charge in [0, 0.05) is 11.1 Å². The summed E-state index contributed by atoms with van der Waals surface area (Å²) in [5, 5.41) is 5.05. The number of rotatable bonds is 4. The highest BCUT2D eigenvalue weighted by molar-refractivity contribution is 6.31. The molecule has 0 atom stereocenters. The second-order valence-electron chi connectivity index (χ2n) is 6.97. The maximum Gasteiger partial charge on any atom is 0.165 e. The third-order valence-corrected chi connectivity index (χ3v) is 4.09. The number of methoxy groups -OCH3 is 1. The van der Waals surface area contributed by atoms with Gasteiger partial charge in [0.15, 0.2) is 17.3 Å². The number of nitrogens with one attached hydrogen (secondary N) is 1. The number of halogens is 2. The summed E-state index contributed by atoms with van der Waals surface area (Å²) < 4.78 is 25.8. The third kappa shape index (κ3) is 3.86. The van der Waals surface area contributed by atoms with Gasteiger partial charge in [0.05, 0.1) is 17.8 Å². The van der Waals surface area contributed by atoms with Crippen molar-refractivity contribution in [3.8, 4) is 11.5 Å². The second-order valence-corrected chi connectivity index (χ2v) is 7.38. The summed E-state index contributed by atoms with van der Waals surface area (Å²) in [5.74, 6) is 0.803. The van der Waals surface area contributed by atoms with Crippen LogP contribution in [0.4, 0.5) is 15.8 Å². The molecule has 0 heterocycles. The Morgan fingerprint density at radius 3 is 2.35 bits per heavy atom. The molecule has 0 bridgehead atoms. The molecule has 0 radical (unpaired) electrons. The highest BCUT2D eigenvalue weighted by Crippen LogP contribution is 2.38. The Morgan fingerprint density at radius 2 is 1.65 bits per heavy atom. The number of anilines is 2. The van der Waals surface area contributed by atoms with Crippen LogP contribution in [0.1, 0.15) is 20.8 Å². The maximum absolute atomic E-state index is 14.3. The molecule has 0 saturated carbocycles. The van der Waals surface area contributed by atoms with Crippen molar-refractivity contribution in [1.29, 1.82) is 0 Å². The smallest absolute Gasteiger partial charge is 0.165 e. The Hall–Kier alpha value is -2.46. The SMILES string of the molecule is COc1cc2cccc(Nc3cccc(Cl)c3F)c2cc1OC(C)(C)C. The van der Waals surface area contributed by atoms with E-state index >= 15 is 0 Å². The summed E-state index contributed by atoms with van der Waals surface area (Å²) in [6, 6.07) is 14.4. The normalized spacial score (nSPS) is 11.5. The van der Waals surface area contributed by atoms with Gasteiger partial charge in [-0.05, 0) is 56.5 Å². The van der Waals surface area contributed by atoms with Gasteiger partial charge < -0.3 is 14.8 Å². The fraction of sp³-hybridized carbons (Fsp3) is 0.238. The van der Waals surface area contributed by atoms with E-state index < -0.39 is 5.82 Å². The van der Waals surface area contributed by atoms with E-state index in [0.29, 0.717) is 17.2 Å². The van der Waals surface area contributed by atoms with Gasteiger partial charge in [-0.2, -0.15) is 0 Å². The molecule has 0 saturated heterocycles. The molecule has 3 aromatic rings. The zero-order valence-corrected chi connectivity index (χ0v) is 15.9. The number of hydrogen-bond donors (Lipinski definition) is 1. The summed E-state index contributed by atoms with van der Waals surface area (Å²) in [4.78, 5) is 0. The van der Waals surface area contributed by atoms with Gasteiger partial charge in [-0.1, -0.05) is 29.8 Å². The monoisotopic (exact) mass is 373 g/mol. The molecule has 1 N–H and O–H groups in total. The molecule has 0 aliphatic carbocycles. The van der Waals surface area contributed by atoms with E-state index in [9.17, 15) is 4.39 Å². The Morgan fingerprint density at radius 1 is 0.962 bits per heavy atom. The third-order valence-electron chi connectivity index (χ3n) is 3.80. The van der Waals surface area contributed by atoms with Crippen molar-refractivity contribution in [1.82, 2.24) is 0 Å². The fourth-order valence-corrected chi connectivity index (χ4v) is 2.88. The van der Waals surface area contributed by atoms with Crippen LogP contribution in [-0.2, 0) is 0 Å². The molecule has 3 nitrogen and oxygen atoms in total. The quantitative estimate of drug-likeness (QED) is 0.561. The van der Waals surface area contributed by atoms with Gasteiger partial charge in [0.25, 0.3) is 0 Å². The second kappa shape index (κ2) is 7.04. The molecule has 5 heteroatoms. The standard InChI is InChI=1S/C21H21ClFNO2/c1-21(2,3)26-19-12-14-13(11-18(19)25-4)7-5-9-16(14)24-17-10-6-8-15(22)20(17)23/h5-12,24H,1-4H3. The molecule has 0 spiro atoms. The summed E-state index contributed by atoms with van der Waals surface area (Å²) in [6.45, 7) is 5.92. The van der Waals surface area contributed by atoms with E-state index in [-0.39, 0.29) is 10.6 Å². The average Bonchev–Trinajstić information content (AvgIpc) is 2.57. The maximum atomic E-state index is 14.3. The first-order valence-electron chi connectivity index (χ1n) is 8.29. The van der Waals surface area contributed by atoms with Crippen LogP contribution < -0.4 is 14.8 Å². The lowest BCUT2D eigenvalue weighted by molar-refractivity contribution is 0.126. The van der Waals surface area contributed by atoms with Crippen molar-refractivity contribution in [3.63, 3.8) is 0 Å². The van der Waals surface area contributed by atoms with E-state index in [2.05, 4.69) is 5.32 Å². The fourth-order valence-electron chi connectivity index (χ4n) is 2.71. The van der Waals surface area contributed by atoms with Crippen molar-refractivity contribution < 1.29 is 13.9 Å². The van der Waals surface area contributed by atoms with E-state index in [4.69, 9.17) is 21.1 Å². The van der Waals surface area contributed by atoms with Crippen molar-refractivity contribution >= 4 is 33.7 Å². The molecule has 0 aromatic heterocycles. The van der Waals surface area contributed by atoms with Crippen molar-refractivity contribution in [2.45, 2.75) is 26.4 Å². The lowest BCUT2D eigenvalue weighted by Crippen LogP contribution is -2.23. The van der Waals surface area contributed by atoms with Crippen LogP contribution in [0.25, 0.3) is 10.8 Å². The molecule has 3 aromatic carbocycles. The largest absolute Gasteiger partial charge is 0.493 e. The highest BCUT2D eigenvalue weighted by Gasteiger charge is 2.17. The molecule has 0 aliphatic rings. The molecular weight excluding hydrogens is 353 g/mol. The number of benzene rings is 3. The predicted molar refractivity (Wildman–Crippen MR) is 106 cm³/mol. The summed E-state index contributed by atoms with van der Waals surface area (Å²) >= 11 is 5.88. The number of hydrogen-bond acceptors (Lipinski definition) is 3. The Balaban J connectivity index is 2.11. The summed E-state index contributed by atoms with van der Waals surface area (Å²) in [6.07, 6.45) is 0. The molecule has 26 heavy (non-hydrogen) atoms. The molecule has 136 valence electrons.